The van der Waals surface area contributed by atoms with Gasteiger partial charge < -0.3 is 10.2 Å². The lowest BCUT2D eigenvalue weighted by Gasteiger charge is -2.37. The molecule has 112 valence electrons. The molecule has 0 amide bonds. The number of nitrogens with zero attached hydrogens (tertiary/aromatic N) is 3. The summed E-state index contributed by atoms with van der Waals surface area (Å²) in [5.74, 6) is 0.0416. The summed E-state index contributed by atoms with van der Waals surface area (Å²) in [6.07, 6.45) is -1.28. The lowest BCUT2D eigenvalue weighted by molar-refractivity contribution is -0.141. The molecule has 1 saturated heterocycles. The van der Waals surface area contributed by atoms with Crippen LogP contribution in [0.5, 0.6) is 0 Å². The van der Waals surface area contributed by atoms with Gasteiger partial charge in [-0.15, -0.1) is 0 Å². The van der Waals surface area contributed by atoms with Crippen LogP contribution >= 0.6 is 0 Å². The standard InChI is InChI=1S/C13H19F3N4/c1-12(4-7-20(2)8-5-12)9-18-11-17-6-3-10(19-11)13(14,15)16/h3,6H,4-5,7-9H2,1-2H3,(H,17,18,19). The van der Waals surface area contributed by atoms with Crippen LogP contribution in [0.25, 0.3) is 0 Å². The number of alkyl halides is 3. The van der Waals surface area contributed by atoms with Gasteiger partial charge in [-0.1, -0.05) is 6.92 Å². The zero-order chi connectivity index (χ0) is 14.8. The summed E-state index contributed by atoms with van der Waals surface area (Å²) in [6.45, 7) is 4.73. The largest absolute Gasteiger partial charge is 0.433 e. The molecule has 7 heteroatoms. The van der Waals surface area contributed by atoms with Crippen LogP contribution < -0.4 is 5.32 Å². The van der Waals surface area contributed by atoms with E-state index in [-0.39, 0.29) is 11.4 Å². The first kappa shape index (κ1) is 15.0. The second kappa shape index (κ2) is 5.55. The van der Waals surface area contributed by atoms with Crippen molar-refractivity contribution in [3.05, 3.63) is 18.0 Å². The molecule has 2 rings (SSSR count). The molecule has 1 aromatic heterocycles. The van der Waals surface area contributed by atoms with Crippen LogP contribution in [0.3, 0.4) is 0 Å². The Labute approximate surface area is 116 Å². The third kappa shape index (κ3) is 3.82. The molecule has 1 fully saturated rings. The minimum atomic E-state index is -4.43. The molecule has 0 saturated carbocycles. The maximum Gasteiger partial charge on any atom is 0.433 e. The zero-order valence-electron chi connectivity index (χ0n) is 11.7. The van der Waals surface area contributed by atoms with Crippen LogP contribution in [0.15, 0.2) is 12.3 Å². The Bertz CT molecular complexity index is 453. The highest BCUT2D eigenvalue weighted by Crippen LogP contribution is 2.31. The first-order valence-electron chi connectivity index (χ1n) is 6.61. The van der Waals surface area contributed by atoms with E-state index >= 15 is 0 Å². The predicted molar refractivity (Wildman–Crippen MR) is 70.4 cm³/mol. The quantitative estimate of drug-likeness (QED) is 0.928. The molecule has 1 N–H and O–H groups in total. The van der Waals surface area contributed by atoms with Gasteiger partial charge in [0.1, 0.15) is 5.69 Å². The van der Waals surface area contributed by atoms with Crippen LogP contribution in [0.2, 0.25) is 0 Å². The molecule has 4 nitrogen and oxygen atoms in total. The van der Waals surface area contributed by atoms with Gasteiger partial charge in [0, 0.05) is 12.7 Å². The number of rotatable bonds is 3. The van der Waals surface area contributed by atoms with E-state index < -0.39 is 11.9 Å². The number of hydrogen-bond donors (Lipinski definition) is 1. The Morgan fingerprint density at radius 3 is 2.60 bits per heavy atom. The van der Waals surface area contributed by atoms with Crippen molar-refractivity contribution >= 4 is 5.95 Å². The smallest absolute Gasteiger partial charge is 0.354 e. The molecule has 20 heavy (non-hydrogen) atoms. The van der Waals surface area contributed by atoms with Gasteiger partial charge in [0.2, 0.25) is 5.95 Å². The number of piperidine rings is 1. The lowest BCUT2D eigenvalue weighted by atomic mass is 9.80. The zero-order valence-corrected chi connectivity index (χ0v) is 11.7. The van der Waals surface area contributed by atoms with E-state index in [2.05, 4.69) is 34.2 Å². The van der Waals surface area contributed by atoms with Gasteiger partial charge >= 0.3 is 6.18 Å². The molecule has 1 aliphatic rings. The van der Waals surface area contributed by atoms with Crippen molar-refractivity contribution in [2.75, 3.05) is 32.0 Å². The topological polar surface area (TPSA) is 41.0 Å². The van der Waals surface area contributed by atoms with Crippen molar-refractivity contribution in [2.45, 2.75) is 25.9 Å². The summed E-state index contributed by atoms with van der Waals surface area (Å²) >= 11 is 0. The van der Waals surface area contributed by atoms with Crippen LogP contribution in [0.1, 0.15) is 25.5 Å². The van der Waals surface area contributed by atoms with Crippen molar-refractivity contribution in [3.8, 4) is 0 Å². The molecule has 2 heterocycles. The highest BCUT2D eigenvalue weighted by atomic mass is 19.4. The maximum atomic E-state index is 12.6. The third-order valence-electron chi connectivity index (χ3n) is 3.81. The molecule has 1 aromatic rings. The third-order valence-corrected chi connectivity index (χ3v) is 3.81. The Morgan fingerprint density at radius 1 is 1.35 bits per heavy atom. The van der Waals surface area contributed by atoms with Gasteiger partial charge in [-0.2, -0.15) is 13.2 Å². The Kier molecular flexibility index (Phi) is 4.17. The fraction of sp³-hybridized carbons (Fsp3) is 0.692. The van der Waals surface area contributed by atoms with E-state index in [4.69, 9.17) is 0 Å². The van der Waals surface area contributed by atoms with Gasteiger partial charge in [-0.25, -0.2) is 9.97 Å². The minimum absolute atomic E-state index is 0.0416. The highest BCUT2D eigenvalue weighted by molar-refractivity contribution is 5.26. The maximum absolute atomic E-state index is 12.6. The molecule has 0 bridgehead atoms. The van der Waals surface area contributed by atoms with Crippen LogP contribution in [0.4, 0.5) is 19.1 Å². The number of aromatic nitrogens is 2. The molecule has 0 aliphatic carbocycles. The number of hydrogen-bond acceptors (Lipinski definition) is 4. The Hall–Kier alpha value is -1.37. The fourth-order valence-electron chi connectivity index (χ4n) is 2.23. The molecule has 0 aromatic carbocycles. The van der Waals surface area contributed by atoms with E-state index in [9.17, 15) is 13.2 Å². The van der Waals surface area contributed by atoms with E-state index in [0.717, 1.165) is 38.2 Å². The van der Waals surface area contributed by atoms with Crippen LogP contribution in [-0.4, -0.2) is 41.5 Å². The van der Waals surface area contributed by atoms with Crippen molar-refractivity contribution in [1.82, 2.24) is 14.9 Å². The highest BCUT2D eigenvalue weighted by Gasteiger charge is 2.33. The molecular weight excluding hydrogens is 269 g/mol. The van der Waals surface area contributed by atoms with Gasteiger partial charge in [0.05, 0.1) is 0 Å². The van der Waals surface area contributed by atoms with Gasteiger partial charge in [-0.05, 0) is 44.5 Å². The number of halogens is 3. The fourth-order valence-corrected chi connectivity index (χ4v) is 2.23. The average Bonchev–Trinajstić information content (AvgIpc) is 2.40. The molecule has 1 aliphatic heterocycles. The van der Waals surface area contributed by atoms with E-state index in [1.807, 2.05) is 0 Å². The normalized spacial score (nSPS) is 19.9. The predicted octanol–water partition coefficient (Wildman–Crippen LogP) is 2.64. The monoisotopic (exact) mass is 288 g/mol. The minimum Gasteiger partial charge on any atom is -0.354 e. The Balaban J connectivity index is 1.97. The first-order valence-corrected chi connectivity index (χ1v) is 6.61. The average molecular weight is 288 g/mol. The van der Waals surface area contributed by atoms with E-state index in [1.165, 1.54) is 0 Å². The van der Waals surface area contributed by atoms with Crippen molar-refractivity contribution in [1.29, 1.82) is 0 Å². The SMILES string of the molecule is CN1CCC(C)(CNc2nccc(C(F)(F)F)n2)CC1. The number of nitrogens with one attached hydrogen (secondary N) is 1. The molecular formula is C13H19F3N4. The van der Waals surface area contributed by atoms with Crippen molar-refractivity contribution in [2.24, 2.45) is 5.41 Å². The summed E-state index contributed by atoms with van der Waals surface area (Å²) in [5.41, 5.74) is -0.840. The van der Waals surface area contributed by atoms with E-state index in [1.54, 1.807) is 0 Å². The van der Waals surface area contributed by atoms with Crippen LogP contribution in [-0.2, 0) is 6.18 Å². The summed E-state index contributed by atoms with van der Waals surface area (Å²) in [5, 5.41) is 2.94. The van der Waals surface area contributed by atoms with Gasteiger partial charge in [0.15, 0.2) is 0 Å². The van der Waals surface area contributed by atoms with Crippen molar-refractivity contribution < 1.29 is 13.2 Å². The van der Waals surface area contributed by atoms with Gasteiger partial charge in [0.25, 0.3) is 0 Å². The molecule has 0 radical (unpaired) electrons. The summed E-state index contributed by atoms with van der Waals surface area (Å²) in [4.78, 5) is 9.62. The summed E-state index contributed by atoms with van der Waals surface area (Å²) in [6, 6.07) is 0.877. The van der Waals surface area contributed by atoms with E-state index in [0.29, 0.717) is 6.54 Å². The summed E-state index contributed by atoms with van der Waals surface area (Å²) in [7, 11) is 2.07. The second-order valence-corrected chi connectivity index (χ2v) is 5.73. The molecule has 0 unspecified atom stereocenters. The first-order chi connectivity index (χ1) is 9.28. The number of anilines is 1. The van der Waals surface area contributed by atoms with Gasteiger partial charge in [-0.3, -0.25) is 0 Å². The lowest BCUT2D eigenvalue weighted by Crippen LogP contribution is -2.40. The number of likely N-dealkylation sites (tertiary alicyclic amines) is 1. The summed E-state index contributed by atoms with van der Waals surface area (Å²) < 4.78 is 37.7. The van der Waals surface area contributed by atoms with Crippen molar-refractivity contribution in [3.63, 3.8) is 0 Å². The molecule has 0 spiro atoms. The van der Waals surface area contributed by atoms with Crippen LogP contribution in [0, 0.1) is 5.41 Å². The molecule has 0 atom stereocenters. The second-order valence-electron chi connectivity index (χ2n) is 5.73. The Morgan fingerprint density at radius 2 is 2.00 bits per heavy atom.